The summed E-state index contributed by atoms with van der Waals surface area (Å²) in [6, 6.07) is 2.36. The van der Waals surface area contributed by atoms with Crippen LogP contribution in [0, 0.1) is 0 Å². The number of nitrogens with two attached hydrogens (primary N) is 1. The number of ether oxygens (including phenoxy) is 1. The van der Waals surface area contributed by atoms with Gasteiger partial charge in [0.1, 0.15) is 22.3 Å². The highest BCUT2D eigenvalue weighted by Crippen LogP contribution is 2.27. The second kappa shape index (κ2) is 10.4. The molecular weight excluding hydrogens is 396 g/mol. The molecule has 0 saturated heterocycles. The van der Waals surface area contributed by atoms with Gasteiger partial charge in [0.25, 0.3) is 5.91 Å². The van der Waals surface area contributed by atoms with Gasteiger partial charge in [-0.15, -0.1) is 11.8 Å². The van der Waals surface area contributed by atoms with E-state index >= 15 is 0 Å². The Balaban J connectivity index is 2.21. The average molecular weight is 425 g/mol. The fraction of sp³-hybridized carbons (Fsp3) is 0.579. The normalized spacial score (nSPS) is 20.3. The van der Waals surface area contributed by atoms with Crippen LogP contribution in [-0.2, 0) is 4.79 Å². The van der Waals surface area contributed by atoms with Crippen LogP contribution in [0.5, 0.6) is 5.75 Å². The molecule has 1 aromatic heterocycles. The van der Waals surface area contributed by atoms with E-state index in [1.54, 1.807) is 13.0 Å². The molecule has 0 radical (unpaired) electrons. The number of oxime groups is 1. The molecule has 1 aromatic rings. The van der Waals surface area contributed by atoms with Gasteiger partial charge >= 0.3 is 5.63 Å². The van der Waals surface area contributed by atoms with Crippen molar-refractivity contribution in [3.63, 3.8) is 0 Å². The predicted octanol–water partition coefficient (Wildman–Crippen LogP) is 2.43. The van der Waals surface area contributed by atoms with E-state index in [9.17, 15) is 9.59 Å². The van der Waals surface area contributed by atoms with Gasteiger partial charge in [0, 0.05) is 11.8 Å². The number of hydrogen-bond donors (Lipinski definition) is 3. The second-order valence-corrected chi connectivity index (χ2v) is 7.81. The third-order valence-electron chi connectivity index (χ3n) is 4.34. The summed E-state index contributed by atoms with van der Waals surface area (Å²) < 4.78 is 10.9. The van der Waals surface area contributed by atoms with E-state index in [4.69, 9.17) is 20.1 Å². The number of aliphatic imine (C=N–C) groups is 1. The lowest BCUT2D eigenvalue weighted by molar-refractivity contribution is -0.126. The number of unbranched alkanes of at least 4 members (excludes halogenated alkanes) is 1. The van der Waals surface area contributed by atoms with Gasteiger partial charge in [-0.3, -0.25) is 10.5 Å². The maximum absolute atomic E-state index is 12.9. The van der Waals surface area contributed by atoms with Crippen molar-refractivity contribution in [2.45, 2.75) is 58.2 Å². The highest BCUT2D eigenvalue weighted by Gasteiger charge is 2.40. The standard InChI is InChI=1S/C19H28N4O5S/c1-4-6-8-27-13-9-15(28-16(24)10-13)14(7-5-2)21-18(25)19(20)11-29-17(22-19)12(3)23-26/h9-10,14,26H,4-8,11,20H2,1-3H3,(H,21,25)/b23-12-/t14-,19+/m1/s1. The van der Waals surface area contributed by atoms with Gasteiger partial charge < -0.3 is 19.7 Å². The van der Waals surface area contributed by atoms with E-state index in [0.29, 0.717) is 35.3 Å². The lowest BCUT2D eigenvalue weighted by atomic mass is 10.1. The van der Waals surface area contributed by atoms with Gasteiger partial charge in [0.05, 0.1) is 18.7 Å². The van der Waals surface area contributed by atoms with Crippen LogP contribution < -0.4 is 21.4 Å². The topological polar surface area (TPSA) is 140 Å². The second-order valence-electron chi connectivity index (χ2n) is 6.85. The van der Waals surface area contributed by atoms with Crippen molar-refractivity contribution in [3.8, 4) is 5.75 Å². The molecule has 4 N–H and O–H groups in total. The summed E-state index contributed by atoms with van der Waals surface area (Å²) in [6.45, 7) is 6.08. The summed E-state index contributed by atoms with van der Waals surface area (Å²) in [5, 5.41) is 15.2. The molecule has 2 atom stereocenters. The number of nitrogens with one attached hydrogen (secondary N) is 1. The minimum absolute atomic E-state index is 0.212. The molecule has 0 aliphatic carbocycles. The molecule has 2 heterocycles. The van der Waals surface area contributed by atoms with E-state index in [2.05, 4.69) is 15.5 Å². The van der Waals surface area contributed by atoms with Gasteiger partial charge in [0.2, 0.25) is 0 Å². The Morgan fingerprint density at radius 3 is 2.90 bits per heavy atom. The summed E-state index contributed by atoms with van der Waals surface area (Å²) in [5.74, 6) is 0.438. The van der Waals surface area contributed by atoms with Crippen LogP contribution in [0.1, 0.15) is 58.3 Å². The van der Waals surface area contributed by atoms with Crippen LogP contribution in [0.25, 0.3) is 0 Å². The monoisotopic (exact) mass is 424 g/mol. The minimum atomic E-state index is -1.49. The molecule has 160 valence electrons. The molecule has 9 nitrogen and oxygen atoms in total. The summed E-state index contributed by atoms with van der Waals surface area (Å²) >= 11 is 1.24. The molecule has 0 unspecified atom stereocenters. The predicted molar refractivity (Wildman–Crippen MR) is 113 cm³/mol. The van der Waals surface area contributed by atoms with Crippen molar-refractivity contribution in [1.82, 2.24) is 5.32 Å². The Hall–Kier alpha value is -2.33. The molecule has 1 amide bonds. The van der Waals surface area contributed by atoms with Crippen LogP contribution in [0.3, 0.4) is 0 Å². The van der Waals surface area contributed by atoms with Crippen molar-refractivity contribution in [2.75, 3.05) is 12.4 Å². The number of carbonyl (C=O) groups excluding carboxylic acids is 1. The van der Waals surface area contributed by atoms with Crippen molar-refractivity contribution in [1.29, 1.82) is 0 Å². The molecule has 0 fully saturated rings. The Morgan fingerprint density at radius 2 is 2.24 bits per heavy atom. The van der Waals surface area contributed by atoms with E-state index in [1.807, 2.05) is 13.8 Å². The van der Waals surface area contributed by atoms with Crippen LogP contribution in [0.4, 0.5) is 0 Å². The first kappa shape index (κ1) is 23.0. The fourth-order valence-electron chi connectivity index (χ4n) is 2.69. The van der Waals surface area contributed by atoms with Crippen molar-refractivity contribution in [3.05, 3.63) is 28.3 Å². The van der Waals surface area contributed by atoms with E-state index in [1.165, 1.54) is 17.8 Å². The Kier molecular flexibility index (Phi) is 8.27. The first-order valence-corrected chi connectivity index (χ1v) is 10.6. The van der Waals surface area contributed by atoms with Crippen LogP contribution >= 0.6 is 11.8 Å². The third-order valence-corrected chi connectivity index (χ3v) is 5.58. The zero-order valence-electron chi connectivity index (χ0n) is 16.9. The van der Waals surface area contributed by atoms with E-state index < -0.39 is 23.2 Å². The van der Waals surface area contributed by atoms with Crippen molar-refractivity contribution < 1.29 is 19.2 Å². The fourth-order valence-corrected chi connectivity index (χ4v) is 3.72. The summed E-state index contributed by atoms with van der Waals surface area (Å²) in [6.07, 6.45) is 3.13. The molecule has 2 rings (SSSR count). The number of nitrogens with zero attached hydrogens (tertiary/aromatic N) is 2. The molecule has 0 aromatic carbocycles. The van der Waals surface area contributed by atoms with Crippen LogP contribution in [0.15, 0.2) is 31.5 Å². The highest BCUT2D eigenvalue weighted by atomic mass is 32.2. The summed E-state index contributed by atoms with van der Waals surface area (Å²) in [5.41, 5.74) is 4.43. The first-order chi connectivity index (χ1) is 13.8. The molecule has 1 aliphatic heterocycles. The number of carbonyl (C=O) groups is 1. The molecule has 29 heavy (non-hydrogen) atoms. The Labute approximate surface area is 173 Å². The third kappa shape index (κ3) is 6.07. The number of amides is 1. The van der Waals surface area contributed by atoms with Gasteiger partial charge in [0.15, 0.2) is 5.66 Å². The lowest BCUT2D eigenvalue weighted by Gasteiger charge is -2.24. The van der Waals surface area contributed by atoms with Crippen LogP contribution in [-0.4, -0.2) is 39.9 Å². The van der Waals surface area contributed by atoms with Gasteiger partial charge in [-0.2, -0.15) is 0 Å². The van der Waals surface area contributed by atoms with E-state index in [-0.39, 0.29) is 5.75 Å². The maximum Gasteiger partial charge on any atom is 0.339 e. The van der Waals surface area contributed by atoms with Gasteiger partial charge in [-0.25, -0.2) is 9.79 Å². The van der Waals surface area contributed by atoms with Crippen LogP contribution in [0.2, 0.25) is 0 Å². The SMILES string of the molecule is CCCCOc1cc([C@@H](CCC)NC(=O)[C@]2(N)CSC(/C(C)=N\O)=N2)oc(=O)c1. The zero-order chi connectivity index (χ0) is 21.4. The Bertz CT molecular complexity index is 838. The smallest absolute Gasteiger partial charge is 0.339 e. The molecular formula is C19H28N4O5S. The number of hydrogen-bond acceptors (Lipinski definition) is 9. The maximum atomic E-state index is 12.9. The number of rotatable bonds is 10. The largest absolute Gasteiger partial charge is 0.493 e. The molecule has 0 saturated carbocycles. The quantitative estimate of drug-likeness (QED) is 0.227. The summed E-state index contributed by atoms with van der Waals surface area (Å²) in [7, 11) is 0. The van der Waals surface area contributed by atoms with Crippen molar-refractivity contribution >= 4 is 28.4 Å². The van der Waals surface area contributed by atoms with E-state index in [0.717, 1.165) is 19.3 Å². The highest BCUT2D eigenvalue weighted by molar-refractivity contribution is 8.16. The number of thioether (sulfide) groups is 1. The molecule has 0 spiro atoms. The Morgan fingerprint density at radius 1 is 1.48 bits per heavy atom. The molecule has 0 bridgehead atoms. The zero-order valence-corrected chi connectivity index (χ0v) is 17.8. The van der Waals surface area contributed by atoms with Gasteiger partial charge in [-0.05, 0) is 19.8 Å². The lowest BCUT2D eigenvalue weighted by Crippen LogP contribution is -2.54. The summed E-state index contributed by atoms with van der Waals surface area (Å²) in [4.78, 5) is 29.0. The molecule has 10 heteroatoms. The molecule has 1 aliphatic rings. The average Bonchev–Trinajstić information content (AvgIpc) is 3.10. The first-order valence-electron chi connectivity index (χ1n) is 9.62. The van der Waals surface area contributed by atoms with Crippen molar-refractivity contribution in [2.24, 2.45) is 15.9 Å². The minimum Gasteiger partial charge on any atom is -0.493 e. The van der Waals surface area contributed by atoms with Gasteiger partial charge in [-0.1, -0.05) is 31.8 Å².